The molecular weight excluding hydrogens is 387 g/mol. The van der Waals surface area contributed by atoms with E-state index in [-0.39, 0.29) is 12.4 Å². The Labute approximate surface area is 146 Å². The van der Waals surface area contributed by atoms with Gasteiger partial charge in [-0.2, -0.15) is 0 Å². The van der Waals surface area contributed by atoms with Gasteiger partial charge in [-0.3, -0.25) is 10.2 Å². The molecule has 2 aromatic carbocycles. The number of halogens is 3. The van der Waals surface area contributed by atoms with Crippen molar-refractivity contribution >= 4 is 39.5 Å². The summed E-state index contributed by atoms with van der Waals surface area (Å²) < 4.78 is 19.2. The summed E-state index contributed by atoms with van der Waals surface area (Å²) in [5.41, 5.74) is 3.52. The number of carbonyl (C=O) groups excluding carboxylic acids is 1. The Kier molecular flexibility index (Phi) is 6.15. The molecule has 0 bridgehead atoms. The van der Waals surface area contributed by atoms with Gasteiger partial charge in [0.1, 0.15) is 12.4 Å². The van der Waals surface area contributed by atoms with E-state index in [2.05, 4.69) is 15.9 Å². The first-order chi connectivity index (χ1) is 11.0. The monoisotopic (exact) mass is 398 g/mol. The topological polar surface area (TPSA) is 64.3 Å². The van der Waals surface area contributed by atoms with Crippen molar-refractivity contribution in [3.05, 3.63) is 68.9 Å². The van der Waals surface area contributed by atoms with Crippen LogP contribution in [0.3, 0.4) is 0 Å². The lowest BCUT2D eigenvalue weighted by molar-refractivity contribution is -0.116. The minimum absolute atomic E-state index is 0.253. The number of benzene rings is 2. The highest BCUT2D eigenvalue weighted by molar-refractivity contribution is 9.10. The Morgan fingerprint density at radius 2 is 2.04 bits per heavy atom. The third-order valence-corrected chi connectivity index (χ3v) is 3.76. The zero-order chi connectivity index (χ0) is 16.8. The number of carbonyl (C=O) groups is 1. The lowest BCUT2D eigenvalue weighted by atomic mass is 10.2. The van der Waals surface area contributed by atoms with Gasteiger partial charge < -0.3 is 4.74 Å². The van der Waals surface area contributed by atoms with Crippen LogP contribution in [0.25, 0.3) is 6.08 Å². The first kappa shape index (κ1) is 17.5. The minimum Gasteiger partial charge on any atom is -0.486 e. The lowest BCUT2D eigenvalue weighted by Gasteiger charge is -2.11. The van der Waals surface area contributed by atoms with Crippen LogP contribution in [0.2, 0.25) is 5.02 Å². The van der Waals surface area contributed by atoms with Gasteiger partial charge in [0.05, 0.1) is 9.50 Å². The lowest BCUT2D eigenvalue weighted by Crippen LogP contribution is -2.27. The van der Waals surface area contributed by atoms with Crippen molar-refractivity contribution in [2.24, 2.45) is 5.84 Å². The fraction of sp³-hybridized carbons (Fsp3) is 0.0625. The predicted molar refractivity (Wildman–Crippen MR) is 91.2 cm³/mol. The number of nitrogens with one attached hydrogen (secondary N) is 1. The molecule has 0 saturated carbocycles. The van der Waals surface area contributed by atoms with Gasteiger partial charge in [-0.25, -0.2) is 10.2 Å². The largest absolute Gasteiger partial charge is 0.486 e. The van der Waals surface area contributed by atoms with Gasteiger partial charge >= 0.3 is 0 Å². The van der Waals surface area contributed by atoms with E-state index >= 15 is 0 Å². The number of hydrazine groups is 1. The molecule has 0 atom stereocenters. The molecule has 3 N–H and O–H groups in total. The van der Waals surface area contributed by atoms with Crippen LogP contribution in [0.5, 0.6) is 5.75 Å². The summed E-state index contributed by atoms with van der Waals surface area (Å²) >= 11 is 9.58. The third-order valence-electron chi connectivity index (χ3n) is 2.89. The van der Waals surface area contributed by atoms with E-state index in [4.69, 9.17) is 22.2 Å². The summed E-state index contributed by atoms with van der Waals surface area (Å²) in [6, 6.07) is 9.43. The standard InChI is InChI=1S/C16H13BrClFN2O2/c17-13-7-11(3-6-15(22)21-20)8-14(18)16(13)23-9-10-1-4-12(19)5-2-10/h1-8H,9,20H2,(H,21,22)/b6-3+. The first-order valence-electron chi connectivity index (χ1n) is 6.54. The summed E-state index contributed by atoms with van der Waals surface area (Å²) in [4.78, 5) is 11.1. The van der Waals surface area contributed by atoms with Gasteiger partial charge in [0.15, 0.2) is 5.75 Å². The molecule has 0 unspecified atom stereocenters. The molecule has 1 amide bonds. The van der Waals surface area contributed by atoms with E-state index in [0.717, 1.165) is 5.56 Å². The van der Waals surface area contributed by atoms with Gasteiger partial charge in [0.25, 0.3) is 5.91 Å². The maximum Gasteiger partial charge on any atom is 0.257 e. The van der Waals surface area contributed by atoms with E-state index < -0.39 is 5.91 Å². The highest BCUT2D eigenvalue weighted by Crippen LogP contribution is 2.35. The zero-order valence-corrected chi connectivity index (χ0v) is 14.2. The van der Waals surface area contributed by atoms with Crippen LogP contribution < -0.4 is 16.0 Å². The predicted octanol–water partition coefficient (Wildman–Crippen LogP) is 3.82. The van der Waals surface area contributed by atoms with Crippen molar-refractivity contribution in [1.29, 1.82) is 0 Å². The molecule has 0 aliphatic carbocycles. The van der Waals surface area contributed by atoms with Crippen LogP contribution >= 0.6 is 27.5 Å². The molecule has 23 heavy (non-hydrogen) atoms. The summed E-state index contributed by atoms with van der Waals surface area (Å²) in [5, 5.41) is 0.384. The maximum atomic E-state index is 12.9. The Bertz CT molecular complexity index is 712. The van der Waals surface area contributed by atoms with E-state index in [1.165, 1.54) is 18.2 Å². The van der Waals surface area contributed by atoms with Crippen molar-refractivity contribution in [3.8, 4) is 5.75 Å². The molecule has 4 nitrogen and oxygen atoms in total. The van der Waals surface area contributed by atoms with Crippen molar-refractivity contribution in [1.82, 2.24) is 5.43 Å². The number of hydrogen-bond donors (Lipinski definition) is 2. The molecule has 0 radical (unpaired) electrons. The normalized spacial score (nSPS) is 10.8. The fourth-order valence-electron chi connectivity index (χ4n) is 1.77. The Hall–Kier alpha value is -1.89. The zero-order valence-electron chi connectivity index (χ0n) is 11.9. The second kappa shape index (κ2) is 8.10. The fourth-order valence-corrected chi connectivity index (χ4v) is 2.76. The van der Waals surface area contributed by atoms with E-state index in [0.29, 0.717) is 20.8 Å². The van der Waals surface area contributed by atoms with Crippen LogP contribution in [-0.2, 0) is 11.4 Å². The van der Waals surface area contributed by atoms with Crippen LogP contribution in [-0.4, -0.2) is 5.91 Å². The highest BCUT2D eigenvalue weighted by Gasteiger charge is 2.09. The Morgan fingerprint density at radius 3 is 2.65 bits per heavy atom. The summed E-state index contributed by atoms with van der Waals surface area (Å²) in [6.07, 6.45) is 2.86. The molecule has 7 heteroatoms. The number of nitrogens with two attached hydrogens (primary N) is 1. The average molecular weight is 400 g/mol. The van der Waals surface area contributed by atoms with Crippen LogP contribution in [0.4, 0.5) is 4.39 Å². The molecule has 2 aromatic rings. The summed E-state index contributed by atoms with van der Waals surface area (Å²) in [5.74, 6) is 4.74. The molecule has 0 aliphatic rings. The molecule has 0 saturated heterocycles. The number of hydrogen-bond acceptors (Lipinski definition) is 3. The second-order valence-corrected chi connectivity index (χ2v) is 5.83. The van der Waals surface area contributed by atoms with Crippen LogP contribution in [0.15, 0.2) is 46.9 Å². The molecular formula is C16H13BrClFN2O2. The van der Waals surface area contributed by atoms with Crippen LogP contribution in [0, 0.1) is 5.82 Å². The summed E-state index contributed by atoms with van der Waals surface area (Å²) in [6.45, 7) is 0.253. The molecule has 0 heterocycles. The van der Waals surface area contributed by atoms with Crippen molar-refractivity contribution < 1.29 is 13.9 Å². The molecule has 120 valence electrons. The molecule has 2 rings (SSSR count). The Morgan fingerprint density at radius 1 is 1.35 bits per heavy atom. The minimum atomic E-state index is -0.422. The van der Waals surface area contributed by atoms with Gasteiger partial charge in [-0.1, -0.05) is 23.7 Å². The Balaban J connectivity index is 2.12. The van der Waals surface area contributed by atoms with Crippen molar-refractivity contribution in [3.63, 3.8) is 0 Å². The quantitative estimate of drug-likeness (QED) is 0.348. The number of ether oxygens (including phenoxy) is 1. The van der Waals surface area contributed by atoms with E-state index in [1.54, 1.807) is 30.3 Å². The van der Waals surface area contributed by atoms with Gasteiger partial charge in [0, 0.05) is 6.08 Å². The number of amides is 1. The second-order valence-electron chi connectivity index (χ2n) is 4.57. The first-order valence-corrected chi connectivity index (χ1v) is 7.71. The van der Waals surface area contributed by atoms with Gasteiger partial charge in [-0.15, -0.1) is 0 Å². The smallest absolute Gasteiger partial charge is 0.257 e. The summed E-state index contributed by atoms with van der Waals surface area (Å²) in [7, 11) is 0. The van der Waals surface area contributed by atoms with E-state index in [1.807, 2.05) is 5.43 Å². The molecule has 0 spiro atoms. The molecule has 0 aromatic heterocycles. The highest BCUT2D eigenvalue weighted by atomic mass is 79.9. The number of rotatable bonds is 5. The van der Waals surface area contributed by atoms with Crippen molar-refractivity contribution in [2.45, 2.75) is 6.61 Å². The maximum absolute atomic E-state index is 12.9. The van der Waals surface area contributed by atoms with Crippen molar-refractivity contribution in [2.75, 3.05) is 0 Å². The van der Waals surface area contributed by atoms with Crippen LogP contribution in [0.1, 0.15) is 11.1 Å². The molecule has 0 aliphatic heterocycles. The average Bonchev–Trinajstić information content (AvgIpc) is 2.53. The molecule has 0 fully saturated rings. The van der Waals surface area contributed by atoms with E-state index in [9.17, 15) is 9.18 Å². The van der Waals surface area contributed by atoms with Gasteiger partial charge in [0.2, 0.25) is 0 Å². The van der Waals surface area contributed by atoms with Gasteiger partial charge in [-0.05, 0) is 57.4 Å². The third kappa shape index (κ3) is 5.06. The SMILES string of the molecule is NNC(=O)/C=C/c1cc(Cl)c(OCc2ccc(F)cc2)c(Br)c1.